The number of hydrogen-bond donors (Lipinski definition) is 5. The van der Waals surface area contributed by atoms with E-state index in [0.717, 1.165) is 25.7 Å². The van der Waals surface area contributed by atoms with E-state index < -0.39 is 94.8 Å². The molecule has 6 rings (SSSR count). The second-order valence-electron chi connectivity index (χ2n) is 20.8. The van der Waals surface area contributed by atoms with E-state index in [9.17, 15) is 39.6 Å². The molecule has 12 atom stereocenters. The van der Waals surface area contributed by atoms with Gasteiger partial charge in [0.25, 0.3) is 0 Å². The number of fused-ring (bicyclic) bond motifs is 4. The molecule has 5 N–H and O–H groups in total. The van der Waals surface area contributed by atoms with Gasteiger partial charge >= 0.3 is 17.9 Å². The summed E-state index contributed by atoms with van der Waals surface area (Å²) in [5.74, 6) is -3.00. The molecule has 5 aliphatic rings. The van der Waals surface area contributed by atoms with Crippen LogP contribution in [0, 0.1) is 39.4 Å². The van der Waals surface area contributed by atoms with Crippen LogP contribution in [0.1, 0.15) is 132 Å². The minimum Gasteiger partial charge on any atom is -0.464 e. The van der Waals surface area contributed by atoms with Gasteiger partial charge < -0.3 is 44.7 Å². The second-order valence-corrected chi connectivity index (χ2v) is 20.8. The maximum atomic E-state index is 13.8. The van der Waals surface area contributed by atoms with Crippen LogP contribution in [-0.2, 0) is 38.1 Å². The van der Waals surface area contributed by atoms with Crippen LogP contribution in [0.5, 0.6) is 0 Å². The number of allylic oxidation sites excluding steroid dienone is 1. The molecule has 1 aromatic carbocycles. The molecule has 61 heavy (non-hydrogen) atoms. The van der Waals surface area contributed by atoms with Crippen LogP contribution in [-0.4, -0.2) is 93.3 Å². The van der Waals surface area contributed by atoms with E-state index in [1.165, 1.54) is 38.2 Å². The van der Waals surface area contributed by atoms with Crippen molar-refractivity contribution in [3.05, 3.63) is 52.7 Å². The van der Waals surface area contributed by atoms with Gasteiger partial charge in [-0.2, -0.15) is 0 Å². The zero-order valence-electron chi connectivity index (χ0n) is 37.7. The summed E-state index contributed by atoms with van der Waals surface area (Å²) in [6.07, 6.45) is 1.73. The first-order chi connectivity index (χ1) is 28.3. The zero-order chi connectivity index (χ0) is 45.1. The summed E-state index contributed by atoms with van der Waals surface area (Å²) in [5, 5.41) is 48.3. The van der Waals surface area contributed by atoms with Crippen LogP contribution in [0.25, 0.3) is 6.08 Å². The molecule has 0 aromatic heterocycles. The summed E-state index contributed by atoms with van der Waals surface area (Å²) in [4.78, 5) is 52.2. The molecule has 0 radical (unpaired) electrons. The van der Waals surface area contributed by atoms with Crippen molar-refractivity contribution in [2.45, 2.75) is 168 Å². The summed E-state index contributed by atoms with van der Waals surface area (Å²) in [7, 11) is 1.19. The van der Waals surface area contributed by atoms with Gasteiger partial charge in [-0.15, -0.1) is 0 Å². The molecule has 1 heterocycles. The van der Waals surface area contributed by atoms with Crippen LogP contribution in [0.4, 0.5) is 0 Å². The van der Waals surface area contributed by atoms with Gasteiger partial charge in [-0.05, 0) is 106 Å². The molecular weight excluding hydrogens is 783 g/mol. The van der Waals surface area contributed by atoms with Gasteiger partial charge in [0.1, 0.15) is 17.9 Å². The lowest BCUT2D eigenvalue weighted by molar-refractivity contribution is -0.251. The number of methoxy groups -OCH3 is 1. The Bertz CT molecular complexity index is 1920. The van der Waals surface area contributed by atoms with E-state index in [0.29, 0.717) is 31.2 Å². The molecule has 1 amide bonds. The van der Waals surface area contributed by atoms with Gasteiger partial charge in [-0.25, -0.2) is 4.79 Å². The number of esters is 3. The number of rotatable bonds is 11. The van der Waals surface area contributed by atoms with Crippen LogP contribution in [0.2, 0.25) is 0 Å². The van der Waals surface area contributed by atoms with Crippen LogP contribution < -0.4 is 5.32 Å². The first kappa shape index (κ1) is 46.9. The second kappa shape index (κ2) is 16.8. The van der Waals surface area contributed by atoms with E-state index in [4.69, 9.17) is 18.9 Å². The van der Waals surface area contributed by atoms with Gasteiger partial charge in [0.2, 0.25) is 5.91 Å². The molecule has 13 nitrogen and oxygen atoms in total. The lowest BCUT2D eigenvalue weighted by atomic mass is 9.42. The Hall–Kier alpha value is -3.62. The number of aliphatic hydroxyl groups excluding tert-OH is 2. The summed E-state index contributed by atoms with van der Waals surface area (Å²) in [6, 6.07) is 8.86. The highest BCUT2D eigenvalue weighted by Gasteiger charge is 2.69. The molecule has 1 aromatic rings. The SMILES string of the molecule is COC(=O)C(=Cc1ccccc1)NC(=O)CC(C)(O)CC(=O)OC1C(OC(C)=O)CC2(C)C3=C(CCC2C1(C)C)C1(C)CCC(C2CCC(C(C)(C)O)OC2O)C1(C)C(O)C3. The first-order valence-corrected chi connectivity index (χ1v) is 22.0. The first-order valence-electron chi connectivity index (χ1n) is 22.0. The Morgan fingerprint density at radius 3 is 2.20 bits per heavy atom. The number of carbonyl (C=O) groups excluding carboxylic acids is 4. The largest absolute Gasteiger partial charge is 0.464 e. The fourth-order valence-electron chi connectivity index (χ4n) is 12.9. The van der Waals surface area contributed by atoms with Crippen molar-refractivity contribution in [2.24, 2.45) is 39.4 Å². The van der Waals surface area contributed by atoms with Crippen molar-refractivity contribution in [2.75, 3.05) is 7.11 Å². The Kier molecular flexibility index (Phi) is 12.9. The van der Waals surface area contributed by atoms with Crippen LogP contribution in [0.3, 0.4) is 0 Å². The summed E-state index contributed by atoms with van der Waals surface area (Å²) in [6.45, 7) is 16.8. The zero-order valence-corrected chi connectivity index (χ0v) is 37.7. The van der Waals surface area contributed by atoms with Gasteiger partial charge in [-0.1, -0.05) is 76.1 Å². The third-order valence-electron chi connectivity index (χ3n) is 15.9. The van der Waals surface area contributed by atoms with Gasteiger partial charge in [-0.3, -0.25) is 14.4 Å². The fraction of sp³-hybridized carbons (Fsp3) is 0.708. The van der Waals surface area contributed by atoms with E-state index in [1.807, 2.05) is 19.9 Å². The maximum absolute atomic E-state index is 13.8. The predicted molar refractivity (Wildman–Crippen MR) is 226 cm³/mol. The molecule has 12 unspecified atom stereocenters. The number of amides is 1. The van der Waals surface area contributed by atoms with Gasteiger partial charge in [0, 0.05) is 23.7 Å². The Balaban J connectivity index is 1.21. The number of carbonyl (C=O) groups is 4. The smallest absolute Gasteiger partial charge is 0.354 e. The molecular formula is C48H69NO12. The Labute approximate surface area is 360 Å². The number of hydrogen-bond acceptors (Lipinski definition) is 12. The summed E-state index contributed by atoms with van der Waals surface area (Å²) >= 11 is 0. The molecule has 2 saturated carbocycles. The monoisotopic (exact) mass is 851 g/mol. The fourth-order valence-corrected chi connectivity index (χ4v) is 12.9. The third-order valence-corrected chi connectivity index (χ3v) is 15.9. The highest BCUT2D eigenvalue weighted by Crippen LogP contribution is 2.73. The molecule has 13 heteroatoms. The van der Waals surface area contributed by atoms with Crippen LogP contribution >= 0.6 is 0 Å². The van der Waals surface area contributed by atoms with E-state index >= 15 is 0 Å². The number of aliphatic hydroxyl groups is 4. The van der Waals surface area contributed by atoms with Crippen molar-refractivity contribution in [1.29, 1.82) is 0 Å². The molecule has 0 spiro atoms. The minimum absolute atomic E-state index is 0.00541. The van der Waals surface area contributed by atoms with Gasteiger partial charge in [0.15, 0.2) is 6.29 Å². The molecule has 3 fully saturated rings. The van der Waals surface area contributed by atoms with Crippen molar-refractivity contribution in [1.82, 2.24) is 5.32 Å². The Morgan fingerprint density at radius 2 is 1.59 bits per heavy atom. The Morgan fingerprint density at radius 1 is 0.918 bits per heavy atom. The van der Waals surface area contributed by atoms with E-state index in [1.54, 1.807) is 38.1 Å². The number of benzene rings is 1. The quantitative estimate of drug-likeness (QED) is 0.0766. The van der Waals surface area contributed by atoms with Gasteiger partial charge in [0.05, 0.1) is 43.4 Å². The predicted octanol–water partition coefficient (Wildman–Crippen LogP) is 5.91. The van der Waals surface area contributed by atoms with Crippen molar-refractivity contribution < 1.29 is 58.6 Å². The number of ether oxygens (including phenoxy) is 4. The molecule has 338 valence electrons. The minimum atomic E-state index is -1.86. The molecule has 4 aliphatic carbocycles. The van der Waals surface area contributed by atoms with E-state index in [2.05, 4.69) is 26.1 Å². The highest BCUT2D eigenvalue weighted by molar-refractivity contribution is 5.98. The molecule has 0 bridgehead atoms. The van der Waals surface area contributed by atoms with E-state index in [-0.39, 0.29) is 28.9 Å². The third kappa shape index (κ3) is 8.71. The highest BCUT2D eigenvalue weighted by atomic mass is 16.6. The maximum Gasteiger partial charge on any atom is 0.354 e. The summed E-state index contributed by atoms with van der Waals surface area (Å²) < 4.78 is 23.1. The number of nitrogens with one attached hydrogen (secondary N) is 1. The summed E-state index contributed by atoms with van der Waals surface area (Å²) in [5.41, 5.74) is -2.09. The topological polar surface area (TPSA) is 198 Å². The standard InChI is InChI=1S/C48H69NO12/c1-27(50)59-34-24-46(7)32-23-36(51)48(9)30(29-16-19-37(44(4,5)56)60-41(29)54)20-21-47(48,8)31(32)17-18-35(46)43(2,3)40(34)61-39(53)26-45(6,57)25-38(52)49-33(42(55)58-10)22-28-14-12-11-13-15-28/h11-15,22,29-30,34-37,40-41,51,54,56-57H,16-21,23-26H2,1-10H3,(H,49,52). The lowest BCUT2D eigenvalue weighted by Gasteiger charge is -2.64. The molecule has 1 saturated heterocycles. The van der Waals surface area contributed by atoms with Crippen molar-refractivity contribution >= 4 is 29.9 Å². The van der Waals surface area contributed by atoms with Crippen molar-refractivity contribution in [3.8, 4) is 0 Å². The molecule has 1 aliphatic heterocycles. The normalized spacial score (nSPS) is 37.0. The average molecular weight is 852 g/mol. The van der Waals surface area contributed by atoms with Crippen molar-refractivity contribution in [3.63, 3.8) is 0 Å². The van der Waals surface area contributed by atoms with Crippen LogP contribution in [0.15, 0.2) is 47.2 Å². The average Bonchev–Trinajstić information content (AvgIpc) is 3.44. The lowest BCUT2D eigenvalue weighted by Crippen LogP contribution is -2.63.